The first kappa shape index (κ1) is 15.5. The van der Waals surface area contributed by atoms with Crippen molar-refractivity contribution >= 4 is 22.5 Å². The van der Waals surface area contributed by atoms with Gasteiger partial charge in [-0.3, -0.25) is 0 Å². The van der Waals surface area contributed by atoms with Crippen LogP contribution in [0, 0.1) is 5.92 Å². The van der Waals surface area contributed by atoms with Gasteiger partial charge in [-0.2, -0.15) is 0 Å². The summed E-state index contributed by atoms with van der Waals surface area (Å²) in [5.41, 5.74) is 0.901. The van der Waals surface area contributed by atoms with Crippen molar-refractivity contribution in [3.05, 3.63) is 42.5 Å². The summed E-state index contributed by atoms with van der Waals surface area (Å²) in [6.07, 6.45) is 4.82. The van der Waals surface area contributed by atoms with Crippen molar-refractivity contribution in [3.8, 4) is 0 Å². The molecule has 1 atom stereocenters. The summed E-state index contributed by atoms with van der Waals surface area (Å²) in [7, 11) is 0. The van der Waals surface area contributed by atoms with Gasteiger partial charge in [0, 0.05) is 24.5 Å². The Balaban J connectivity index is 1.39. The molecule has 2 heterocycles. The molecule has 24 heavy (non-hydrogen) atoms. The monoisotopic (exact) mass is 323 g/mol. The number of rotatable bonds is 2. The molecule has 0 spiro atoms. The Hall–Kier alpha value is -2.07. The molecule has 2 aromatic carbocycles. The number of hydrogen-bond acceptors (Lipinski definition) is 2. The zero-order valence-electron chi connectivity index (χ0n) is 14.0. The van der Waals surface area contributed by atoms with E-state index in [-0.39, 0.29) is 6.03 Å². The first-order valence-electron chi connectivity index (χ1n) is 9.08. The normalized spacial score (nSPS) is 22.0. The van der Waals surface area contributed by atoms with E-state index in [0.717, 1.165) is 54.9 Å². The summed E-state index contributed by atoms with van der Waals surface area (Å²) >= 11 is 0. The van der Waals surface area contributed by atoms with E-state index in [9.17, 15) is 4.79 Å². The third-order valence-electron chi connectivity index (χ3n) is 5.53. The number of carbonyl (C=O) groups is 1. The van der Waals surface area contributed by atoms with Crippen molar-refractivity contribution in [2.75, 3.05) is 25.0 Å². The highest BCUT2D eigenvalue weighted by atomic mass is 16.2. The molecule has 2 amide bonds. The van der Waals surface area contributed by atoms with Crippen LogP contribution in [0.2, 0.25) is 0 Å². The van der Waals surface area contributed by atoms with Gasteiger partial charge in [-0.15, -0.1) is 0 Å². The van der Waals surface area contributed by atoms with Crippen LogP contribution >= 0.6 is 0 Å². The Labute approximate surface area is 143 Å². The smallest absolute Gasteiger partial charge is 0.321 e. The van der Waals surface area contributed by atoms with E-state index in [1.807, 2.05) is 29.2 Å². The maximum Gasteiger partial charge on any atom is 0.321 e. The van der Waals surface area contributed by atoms with Crippen LogP contribution in [0.15, 0.2) is 42.5 Å². The van der Waals surface area contributed by atoms with E-state index in [0.29, 0.717) is 6.04 Å². The molecule has 1 unspecified atom stereocenters. The number of urea groups is 1. The molecule has 0 radical (unpaired) electrons. The van der Waals surface area contributed by atoms with Gasteiger partial charge in [0.15, 0.2) is 0 Å². The van der Waals surface area contributed by atoms with Crippen molar-refractivity contribution in [1.29, 1.82) is 0 Å². The molecule has 4 nitrogen and oxygen atoms in total. The van der Waals surface area contributed by atoms with Crippen molar-refractivity contribution in [3.63, 3.8) is 0 Å². The van der Waals surface area contributed by atoms with Gasteiger partial charge in [0.2, 0.25) is 0 Å². The van der Waals surface area contributed by atoms with Gasteiger partial charge in [-0.05, 0) is 49.6 Å². The number of fused-ring (bicyclic) bond motifs is 1. The second-order valence-corrected chi connectivity index (χ2v) is 6.98. The summed E-state index contributed by atoms with van der Waals surface area (Å²) in [5, 5.41) is 8.97. The standard InChI is InChI=1S/C20H25N3O/c24-20(22-19-8-3-6-15-5-1-2-7-17(15)19)23-13-10-16(11-14-23)18-9-4-12-21-18/h1-3,5-8,16,18,21H,4,9-14H2,(H,22,24). The van der Waals surface area contributed by atoms with Crippen LogP contribution < -0.4 is 10.6 Å². The van der Waals surface area contributed by atoms with Crippen LogP contribution in [0.3, 0.4) is 0 Å². The van der Waals surface area contributed by atoms with Gasteiger partial charge in [0.05, 0.1) is 5.69 Å². The average Bonchev–Trinajstić information content (AvgIpc) is 3.17. The lowest BCUT2D eigenvalue weighted by Gasteiger charge is -2.35. The maximum absolute atomic E-state index is 12.6. The molecule has 0 saturated carbocycles. The lowest BCUT2D eigenvalue weighted by Crippen LogP contribution is -2.44. The highest BCUT2D eigenvalue weighted by Crippen LogP contribution is 2.27. The fourth-order valence-electron chi connectivity index (χ4n) is 4.15. The fraction of sp³-hybridized carbons (Fsp3) is 0.450. The summed E-state index contributed by atoms with van der Waals surface area (Å²) in [5.74, 6) is 0.731. The van der Waals surface area contributed by atoms with Crippen LogP contribution in [-0.2, 0) is 0 Å². The van der Waals surface area contributed by atoms with Crippen LogP contribution in [0.4, 0.5) is 10.5 Å². The third kappa shape index (κ3) is 3.11. The number of hydrogen-bond donors (Lipinski definition) is 2. The SMILES string of the molecule is O=C(Nc1cccc2ccccc12)N1CCC(C2CCCN2)CC1. The van der Waals surface area contributed by atoms with Crippen molar-refractivity contribution in [2.24, 2.45) is 5.92 Å². The Morgan fingerprint density at radius 3 is 2.62 bits per heavy atom. The van der Waals surface area contributed by atoms with Crippen molar-refractivity contribution < 1.29 is 4.79 Å². The van der Waals surface area contributed by atoms with Crippen LogP contribution in [-0.4, -0.2) is 36.6 Å². The minimum Gasteiger partial charge on any atom is -0.325 e. The van der Waals surface area contributed by atoms with Gasteiger partial charge < -0.3 is 15.5 Å². The molecule has 0 bridgehead atoms. The van der Waals surface area contributed by atoms with Crippen LogP contribution in [0.25, 0.3) is 10.8 Å². The van der Waals surface area contributed by atoms with Crippen molar-refractivity contribution in [1.82, 2.24) is 10.2 Å². The Morgan fingerprint density at radius 2 is 1.83 bits per heavy atom. The second kappa shape index (κ2) is 6.81. The number of nitrogens with one attached hydrogen (secondary N) is 2. The van der Waals surface area contributed by atoms with E-state index in [2.05, 4.69) is 28.8 Å². The first-order chi connectivity index (χ1) is 11.8. The first-order valence-corrected chi connectivity index (χ1v) is 9.08. The lowest BCUT2D eigenvalue weighted by molar-refractivity contribution is 0.170. The molecular weight excluding hydrogens is 298 g/mol. The number of benzene rings is 2. The summed E-state index contributed by atoms with van der Waals surface area (Å²) in [4.78, 5) is 14.6. The minimum atomic E-state index is 0.0317. The molecule has 4 heteroatoms. The van der Waals surface area contributed by atoms with Crippen LogP contribution in [0.1, 0.15) is 25.7 Å². The van der Waals surface area contributed by atoms with E-state index in [1.54, 1.807) is 0 Å². The Bertz CT molecular complexity index is 710. The van der Waals surface area contributed by atoms with Gasteiger partial charge in [0.25, 0.3) is 0 Å². The van der Waals surface area contributed by atoms with E-state index < -0.39 is 0 Å². The number of anilines is 1. The number of amides is 2. The molecule has 2 aliphatic heterocycles. The minimum absolute atomic E-state index is 0.0317. The molecule has 126 valence electrons. The lowest BCUT2D eigenvalue weighted by atomic mass is 9.89. The summed E-state index contributed by atoms with van der Waals surface area (Å²) in [6, 6.07) is 14.9. The number of carbonyl (C=O) groups excluding carboxylic acids is 1. The predicted octanol–water partition coefficient (Wildman–Crippen LogP) is 3.84. The molecule has 2 N–H and O–H groups in total. The van der Waals surface area contributed by atoms with Gasteiger partial charge in [0.1, 0.15) is 0 Å². The number of likely N-dealkylation sites (tertiary alicyclic amines) is 1. The second-order valence-electron chi connectivity index (χ2n) is 6.98. The average molecular weight is 323 g/mol. The molecule has 4 rings (SSSR count). The molecular formula is C20H25N3O. The highest BCUT2D eigenvalue weighted by Gasteiger charge is 2.29. The van der Waals surface area contributed by atoms with Gasteiger partial charge in [-0.1, -0.05) is 36.4 Å². The summed E-state index contributed by atoms with van der Waals surface area (Å²) in [6.45, 7) is 2.88. The molecule has 2 aromatic rings. The van der Waals surface area contributed by atoms with E-state index in [4.69, 9.17) is 0 Å². The third-order valence-corrected chi connectivity index (χ3v) is 5.53. The fourth-order valence-corrected chi connectivity index (χ4v) is 4.15. The topological polar surface area (TPSA) is 44.4 Å². The van der Waals surface area contributed by atoms with Gasteiger partial charge in [-0.25, -0.2) is 4.79 Å². The zero-order valence-corrected chi connectivity index (χ0v) is 14.0. The molecule has 0 aromatic heterocycles. The Kier molecular flexibility index (Phi) is 4.39. The predicted molar refractivity (Wildman–Crippen MR) is 98.3 cm³/mol. The molecule has 2 fully saturated rings. The largest absolute Gasteiger partial charge is 0.325 e. The van der Waals surface area contributed by atoms with Crippen LogP contribution in [0.5, 0.6) is 0 Å². The maximum atomic E-state index is 12.6. The summed E-state index contributed by atoms with van der Waals surface area (Å²) < 4.78 is 0. The number of nitrogens with zero attached hydrogens (tertiary/aromatic N) is 1. The number of piperidine rings is 1. The van der Waals surface area contributed by atoms with Crippen molar-refractivity contribution in [2.45, 2.75) is 31.7 Å². The van der Waals surface area contributed by atoms with E-state index >= 15 is 0 Å². The van der Waals surface area contributed by atoms with E-state index in [1.165, 1.54) is 12.8 Å². The quantitative estimate of drug-likeness (QED) is 0.882. The zero-order chi connectivity index (χ0) is 16.4. The Morgan fingerprint density at radius 1 is 1.04 bits per heavy atom. The van der Waals surface area contributed by atoms with Gasteiger partial charge >= 0.3 is 6.03 Å². The molecule has 2 saturated heterocycles. The highest BCUT2D eigenvalue weighted by molar-refractivity contribution is 6.01. The molecule has 0 aliphatic carbocycles. The molecule has 2 aliphatic rings.